The SMILES string of the molecule is Brc1cccc(Cn2ccnc2-c2ccccn2)c1. The summed E-state index contributed by atoms with van der Waals surface area (Å²) in [6, 6.07) is 14.1. The zero-order valence-corrected chi connectivity index (χ0v) is 11.8. The van der Waals surface area contributed by atoms with Gasteiger partial charge in [-0.25, -0.2) is 4.98 Å². The molecule has 2 heterocycles. The van der Waals surface area contributed by atoms with E-state index < -0.39 is 0 Å². The molecule has 0 aliphatic heterocycles. The number of hydrogen-bond acceptors (Lipinski definition) is 2. The minimum absolute atomic E-state index is 0.783. The fourth-order valence-electron chi connectivity index (χ4n) is 2.00. The van der Waals surface area contributed by atoms with Crippen LogP contribution in [0.4, 0.5) is 0 Å². The van der Waals surface area contributed by atoms with Crippen LogP contribution in [0.2, 0.25) is 0 Å². The summed E-state index contributed by atoms with van der Waals surface area (Å²) in [5.41, 5.74) is 2.12. The van der Waals surface area contributed by atoms with E-state index in [0.29, 0.717) is 0 Å². The molecule has 19 heavy (non-hydrogen) atoms. The molecule has 0 atom stereocenters. The zero-order valence-electron chi connectivity index (χ0n) is 10.2. The van der Waals surface area contributed by atoms with Gasteiger partial charge < -0.3 is 4.57 Å². The van der Waals surface area contributed by atoms with Crippen LogP contribution in [-0.2, 0) is 6.54 Å². The third-order valence-corrected chi connectivity index (χ3v) is 3.34. The second kappa shape index (κ2) is 5.36. The van der Waals surface area contributed by atoms with Gasteiger partial charge in [0.25, 0.3) is 0 Å². The fourth-order valence-corrected chi connectivity index (χ4v) is 2.44. The molecule has 0 aliphatic carbocycles. The highest BCUT2D eigenvalue weighted by atomic mass is 79.9. The Morgan fingerprint density at radius 3 is 2.74 bits per heavy atom. The van der Waals surface area contributed by atoms with Gasteiger partial charge in [0.05, 0.1) is 0 Å². The van der Waals surface area contributed by atoms with E-state index in [-0.39, 0.29) is 0 Å². The maximum Gasteiger partial charge on any atom is 0.158 e. The van der Waals surface area contributed by atoms with Crippen LogP contribution in [0.15, 0.2) is 65.5 Å². The third kappa shape index (κ3) is 2.74. The lowest BCUT2D eigenvalue weighted by molar-refractivity contribution is 0.803. The van der Waals surface area contributed by atoms with Crippen molar-refractivity contribution in [1.29, 1.82) is 0 Å². The van der Waals surface area contributed by atoms with Gasteiger partial charge >= 0.3 is 0 Å². The van der Waals surface area contributed by atoms with Crippen molar-refractivity contribution in [3.63, 3.8) is 0 Å². The summed E-state index contributed by atoms with van der Waals surface area (Å²) < 4.78 is 3.19. The van der Waals surface area contributed by atoms with Gasteiger partial charge in [0, 0.05) is 29.6 Å². The third-order valence-electron chi connectivity index (χ3n) is 2.85. The molecule has 0 N–H and O–H groups in total. The Bertz CT molecular complexity index is 677. The fraction of sp³-hybridized carbons (Fsp3) is 0.0667. The maximum atomic E-state index is 4.39. The molecule has 3 aromatic rings. The quantitative estimate of drug-likeness (QED) is 0.737. The van der Waals surface area contributed by atoms with Gasteiger partial charge in [-0.3, -0.25) is 4.98 Å². The van der Waals surface area contributed by atoms with Gasteiger partial charge in [-0.2, -0.15) is 0 Å². The van der Waals surface area contributed by atoms with Crippen molar-refractivity contribution in [2.45, 2.75) is 6.54 Å². The van der Waals surface area contributed by atoms with E-state index in [9.17, 15) is 0 Å². The van der Waals surface area contributed by atoms with Crippen LogP contribution in [-0.4, -0.2) is 14.5 Å². The number of benzene rings is 1. The van der Waals surface area contributed by atoms with E-state index in [1.54, 1.807) is 6.20 Å². The number of aromatic nitrogens is 3. The number of halogens is 1. The molecule has 0 fully saturated rings. The lowest BCUT2D eigenvalue weighted by atomic mass is 10.2. The Kier molecular flexibility index (Phi) is 3.42. The van der Waals surface area contributed by atoms with Crippen molar-refractivity contribution in [3.8, 4) is 11.5 Å². The molecule has 4 heteroatoms. The molecule has 0 aliphatic rings. The maximum absolute atomic E-state index is 4.39. The molecule has 3 nitrogen and oxygen atoms in total. The van der Waals surface area contributed by atoms with Crippen molar-refractivity contribution in [2.24, 2.45) is 0 Å². The average Bonchev–Trinajstić information content (AvgIpc) is 2.88. The predicted octanol–water partition coefficient (Wildman–Crippen LogP) is 3.76. The standard InChI is InChI=1S/C15H12BrN3/c16-13-5-3-4-12(10-13)11-19-9-8-18-15(19)14-6-1-2-7-17-14/h1-10H,11H2. The summed E-state index contributed by atoms with van der Waals surface area (Å²) in [6.45, 7) is 0.783. The van der Waals surface area contributed by atoms with Crippen LogP contribution in [0.25, 0.3) is 11.5 Å². The van der Waals surface area contributed by atoms with Crippen molar-refractivity contribution in [3.05, 3.63) is 71.1 Å². The van der Waals surface area contributed by atoms with Crippen LogP contribution < -0.4 is 0 Å². The Balaban J connectivity index is 1.93. The van der Waals surface area contributed by atoms with E-state index in [1.165, 1.54) is 5.56 Å². The minimum atomic E-state index is 0.783. The highest BCUT2D eigenvalue weighted by Crippen LogP contribution is 2.17. The normalized spacial score (nSPS) is 10.6. The zero-order chi connectivity index (χ0) is 13.1. The Labute approximate surface area is 120 Å². The number of nitrogens with zero attached hydrogens (tertiary/aromatic N) is 3. The molecular weight excluding hydrogens is 302 g/mol. The van der Waals surface area contributed by atoms with Gasteiger partial charge in [-0.15, -0.1) is 0 Å². The molecule has 3 rings (SSSR count). The number of hydrogen-bond donors (Lipinski definition) is 0. The summed E-state index contributed by atoms with van der Waals surface area (Å²) >= 11 is 3.49. The second-order valence-electron chi connectivity index (χ2n) is 4.22. The first kappa shape index (κ1) is 12.1. The Morgan fingerprint density at radius 1 is 1.00 bits per heavy atom. The number of pyridine rings is 1. The van der Waals surface area contributed by atoms with Crippen molar-refractivity contribution in [2.75, 3.05) is 0 Å². The number of imidazole rings is 1. The van der Waals surface area contributed by atoms with E-state index in [4.69, 9.17) is 0 Å². The molecule has 94 valence electrons. The molecule has 0 radical (unpaired) electrons. The van der Waals surface area contributed by atoms with Gasteiger partial charge in [0.1, 0.15) is 5.69 Å². The minimum Gasteiger partial charge on any atom is -0.325 e. The first-order valence-corrected chi connectivity index (χ1v) is 6.79. The lowest BCUT2D eigenvalue weighted by Gasteiger charge is -2.07. The van der Waals surface area contributed by atoms with E-state index in [1.807, 2.05) is 42.7 Å². The van der Waals surface area contributed by atoms with Crippen LogP contribution >= 0.6 is 15.9 Å². The summed E-state index contributed by atoms with van der Waals surface area (Å²) in [4.78, 5) is 8.74. The first-order chi connectivity index (χ1) is 9.33. The van der Waals surface area contributed by atoms with Gasteiger partial charge in [-0.05, 0) is 29.8 Å². The van der Waals surface area contributed by atoms with Crippen molar-refractivity contribution >= 4 is 15.9 Å². The van der Waals surface area contributed by atoms with E-state index >= 15 is 0 Å². The van der Waals surface area contributed by atoms with Crippen LogP contribution in [0.5, 0.6) is 0 Å². The molecule has 2 aromatic heterocycles. The summed E-state index contributed by atoms with van der Waals surface area (Å²) in [5.74, 6) is 0.889. The van der Waals surface area contributed by atoms with Gasteiger partial charge in [0.2, 0.25) is 0 Å². The second-order valence-corrected chi connectivity index (χ2v) is 5.14. The van der Waals surface area contributed by atoms with Crippen molar-refractivity contribution in [1.82, 2.24) is 14.5 Å². The average molecular weight is 314 g/mol. The summed E-state index contributed by atoms with van der Waals surface area (Å²) in [6.07, 6.45) is 5.57. The molecule has 0 saturated heterocycles. The van der Waals surface area contributed by atoms with Crippen LogP contribution in [0, 0.1) is 0 Å². The first-order valence-electron chi connectivity index (χ1n) is 6.00. The Morgan fingerprint density at radius 2 is 1.95 bits per heavy atom. The monoisotopic (exact) mass is 313 g/mol. The topological polar surface area (TPSA) is 30.7 Å². The van der Waals surface area contributed by atoms with E-state index in [0.717, 1.165) is 22.5 Å². The molecule has 0 unspecified atom stereocenters. The molecule has 0 spiro atoms. The molecule has 1 aromatic carbocycles. The summed E-state index contributed by atoms with van der Waals surface area (Å²) in [7, 11) is 0. The molecule has 0 bridgehead atoms. The van der Waals surface area contributed by atoms with Gasteiger partial charge in [0.15, 0.2) is 5.82 Å². The molecule has 0 saturated carbocycles. The van der Waals surface area contributed by atoms with Crippen LogP contribution in [0.3, 0.4) is 0 Å². The molecular formula is C15H12BrN3. The van der Waals surface area contributed by atoms with Gasteiger partial charge in [-0.1, -0.05) is 34.1 Å². The van der Waals surface area contributed by atoms with Crippen molar-refractivity contribution < 1.29 is 0 Å². The Hall–Kier alpha value is -1.94. The number of rotatable bonds is 3. The summed E-state index contributed by atoms with van der Waals surface area (Å²) in [5, 5.41) is 0. The largest absolute Gasteiger partial charge is 0.325 e. The molecule has 0 amide bonds. The van der Waals surface area contributed by atoms with E-state index in [2.05, 4.69) is 42.6 Å². The predicted molar refractivity (Wildman–Crippen MR) is 78.7 cm³/mol. The highest BCUT2D eigenvalue weighted by Gasteiger charge is 2.07. The lowest BCUT2D eigenvalue weighted by Crippen LogP contribution is -2.01. The van der Waals surface area contributed by atoms with Crippen LogP contribution in [0.1, 0.15) is 5.56 Å². The highest BCUT2D eigenvalue weighted by molar-refractivity contribution is 9.10. The smallest absolute Gasteiger partial charge is 0.158 e.